The molecule has 0 spiro atoms. The van der Waals surface area contributed by atoms with E-state index in [0.717, 1.165) is 63.1 Å². The lowest BCUT2D eigenvalue weighted by molar-refractivity contribution is -0.121. The molecule has 2 heterocycles. The first-order chi connectivity index (χ1) is 26.1. The number of carbonyl (C=O) groups excluding carboxylic acids is 2. The maximum atomic E-state index is 12.9. The highest BCUT2D eigenvalue weighted by molar-refractivity contribution is 9.10. The summed E-state index contributed by atoms with van der Waals surface area (Å²) < 4.78 is 4.53. The number of aliphatic hydroxyl groups excluding tert-OH is 4. The van der Waals surface area contributed by atoms with Crippen molar-refractivity contribution in [3.8, 4) is 0 Å². The maximum absolute atomic E-state index is 12.9. The number of aromatic nitrogens is 2. The van der Waals surface area contributed by atoms with E-state index in [0.29, 0.717) is 23.6 Å². The van der Waals surface area contributed by atoms with Gasteiger partial charge >= 0.3 is 0 Å². The minimum atomic E-state index is -0.469. The Labute approximate surface area is 330 Å². The highest BCUT2D eigenvalue weighted by atomic mass is 79.9. The fraction of sp³-hybridized carbons (Fsp3) is 0.571. The Morgan fingerprint density at radius 2 is 1.06 bits per heavy atom. The first-order valence-electron chi connectivity index (χ1n) is 19.7. The molecule has 0 saturated heterocycles. The summed E-state index contributed by atoms with van der Waals surface area (Å²) in [5.74, 6) is 1.85. The van der Waals surface area contributed by atoms with Crippen LogP contribution in [0, 0.1) is 22.7 Å². The number of anilines is 2. The first-order valence-corrected chi connectivity index (χ1v) is 20.9. The number of hydrogen-bond acceptors (Lipinski definition) is 6. The summed E-state index contributed by atoms with van der Waals surface area (Å²) in [5, 5.41) is 46.8. The minimum Gasteiger partial charge on any atom is -0.394 e. The molecule has 10 nitrogen and oxygen atoms in total. The molecule has 12 heteroatoms. The summed E-state index contributed by atoms with van der Waals surface area (Å²) in [7, 11) is 0. The van der Waals surface area contributed by atoms with Crippen LogP contribution in [-0.4, -0.2) is 67.8 Å². The Balaban J connectivity index is 0.000000167. The van der Waals surface area contributed by atoms with E-state index in [-0.39, 0.29) is 49.1 Å². The van der Waals surface area contributed by atoms with Gasteiger partial charge in [-0.05, 0) is 124 Å². The molecule has 0 aliphatic heterocycles. The molecule has 0 unspecified atom stereocenters. The van der Waals surface area contributed by atoms with Crippen LogP contribution in [0.25, 0.3) is 21.8 Å². The molecule has 6 N–H and O–H groups in total. The summed E-state index contributed by atoms with van der Waals surface area (Å²) in [6.45, 7) is -0.705. The van der Waals surface area contributed by atoms with Crippen molar-refractivity contribution in [3.63, 3.8) is 0 Å². The quantitative estimate of drug-likeness (QED) is 0.0846. The molecule has 10 rings (SSSR count). The number of hydrogen-bond donors (Lipinski definition) is 6. The Kier molecular flexibility index (Phi) is 12.1. The van der Waals surface area contributed by atoms with E-state index < -0.39 is 12.1 Å². The molecule has 54 heavy (non-hydrogen) atoms. The van der Waals surface area contributed by atoms with Gasteiger partial charge in [0, 0.05) is 40.5 Å². The molecule has 6 aliphatic rings. The van der Waals surface area contributed by atoms with E-state index in [1.807, 2.05) is 41.1 Å². The molecule has 4 bridgehead atoms. The first kappa shape index (κ1) is 39.3. The van der Waals surface area contributed by atoms with E-state index in [1.54, 1.807) is 16.8 Å². The predicted octanol–water partition coefficient (Wildman–Crippen LogP) is 8.35. The van der Waals surface area contributed by atoms with Gasteiger partial charge in [-0.15, -0.1) is 0 Å². The van der Waals surface area contributed by atoms with Crippen LogP contribution in [0.4, 0.5) is 11.4 Å². The van der Waals surface area contributed by atoms with Crippen molar-refractivity contribution in [1.29, 1.82) is 0 Å². The number of fused-ring (bicyclic) bond motifs is 8. The monoisotopic (exact) mass is 824 g/mol. The molecule has 4 aromatic rings. The van der Waals surface area contributed by atoms with Crippen LogP contribution in [0.1, 0.15) is 102 Å². The molecule has 292 valence electrons. The molecule has 6 aliphatic carbocycles. The van der Waals surface area contributed by atoms with Gasteiger partial charge in [0.2, 0.25) is 11.8 Å². The number of halogens is 2. The Hall–Kier alpha value is -2.93. The average molecular weight is 826 g/mol. The van der Waals surface area contributed by atoms with Crippen molar-refractivity contribution >= 4 is 72.5 Å². The van der Waals surface area contributed by atoms with Gasteiger partial charge in [-0.1, -0.05) is 39.7 Å². The third-order valence-corrected chi connectivity index (χ3v) is 14.3. The number of aliphatic hydroxyl groups is 4. The fourth-order valence-electron chi connectivity index (χ4n) is 10.1. The lowest BCUT2D eigenvalue weighted by Gasteiger charge is -2.46. The third kappa shape index (κ3) is 8.00. The third-order valence-electron chi connectivity index (χ3n) is 13.4. The van der Waals surface area contributed by atoms with Gasteiger partial charge in [-0.3, -0.25) is 9.59 Å². The molecule has 2 aromatic heterocycles. The lowest BCUT2D eigenvalue weighted by atomic mass is 9.59. The van der Waals surface area contributed by atoms with Crippen LogP contribution >= 0.6 is 27.5 Å². The summed E-state index contributed by atoms with van der Waals surface area (Å²) in [4.78, 5) is 25.8. The predicted molar refractivity (Wildman–Crippen MR) is 217 cm³/mol. The van der Waals surface area contributed by atoms with Crippen molar-refractivity contribution in [2.45, 2.75) is 102 Å². The second kappa shape index (κ2) is 16.7. The number of nitrogens with zero attached hydrogens (tertiary/aromatic N) is 2. The molecule has 0 atom stereocenters. The summed E-state index contributed by atoms with van der Waals surface area (Å²) >= 11 is 10.00. The zero-order chi connectivity index (χ0) is 38.0. The molecule has 6 fully saturated rings. The fourth-order valence-corrected chi connectivity index (χ4v) is 10.9. The van der Waals surface area contributed by atoms with Crippen molar-refractivity contribution in [3.05, 3.63) is 58.3 Å². The van der Waals surface area contributed by atoms with Crippen molar-refractivity contribution in [2.24, 2.45) is 22.7 Å². The molecule has 2 amide bonds. The lowest BCUT2D eigenvalue weighted by Crippen LogP contribution is -2.37. The van der Waals surface area contributed by atoms with Crippen molar-refractivity contribution < 1.29 is 30.0 Å². The van der Waals surface area contributed by atoms with E-state index in [1.165, 1.54) is 57.8 Å². The zero-order valence-corrected chi connectivity index (χ0v) is 33.3. The van der Waals surface area contributed by atoms with E-state index in [9.17, 15) is 30.0 Å². The zero-order valence-electron chi connectivity index (χ0n) is 30.9. The highest BCUT2D eigenvalue weighted by Crippen LogP contribution is 2.53. The normalized spacial score (nSPS) is 24.7. The van der Waals surface area contributed by atoms with Gasteiger partial charge in [0.05, 0.1) is 65.9 Å². The van der Waals surface area contributed by atoms with Crippen LogP contribution in [0.3, 0.4) is 0 Å². The molecule has 0 radical (unpaired) electrons. The van der Waals surface area contributed by atoms with Gasteiger partial charge in [-0.25, -0.2) is 0 Å². The smallest absolute Gasteiger partial charge is 0.224 e. The van der Waals surface area contributed by atoms with Crippen LogP contribution in [0.5, 0.6) is 0 Å². The van der Waals surface area contributed by atoms with Crippen LogP contribution < -0.4 is 10.6 Å². The number of rotatable bonds is 12. The maximum Gasteiger partial charge on any atom is 0.224 e. The van der Waals surface area contributed by atoms with Gasteiger partial charge in [0.15, 0.2) is 0 Å². The van der Waals surface area contributed by atoms with Crippen LogP contribution in [0.15, 0.2) is 53.3 Å². The average Bonchev–Trinajstić information content (AvgIpc) is 3.73. The summed E-state index contributed by atoms with van der Waals surface area (Å²) in [6.07, 6.45) is 19.3. The van der Waals surface area contributed by atoms with Crippen molar-refractivity contribution in [2.75, 3.05) is 37.1 Å². The Morgan fingerprint density at radius 3 is 1.48 bits per heavy atom. The summed E-state index contributed by atoms with van der Waals surface area (Å²) in [6, 6.07) is 10.4. The Bertz CT molecular complexity index is 1790. The van der Waals surface area contributed by atoms with Gasteiger partial charge in [0.25, 0.3) is 0 Å². The van der Waals surface area contributed by atoms with Crippen LogP contribution in [-0.2, 0) is 9.59 Å². The van der Waals surface area contributed by atoms with Gasteiger partial charge in [-0.2, -0.15) is 0 Å². The second-order valence-electron chi connectivity index (χ2n) is 16.6. The Morgan fingerprint density at radius 1 is 0.667 bits per heavy atom. The van der Waals surface area contributed by atoms with Crippen LogP contribution in [0.2, 0.25) is 5.02 Å². The minimum absolute atomic E-state index is 0.0267. The molecule has 6 saturated carbocycles. The summed E-state index contributed by atoms with van der Waals surface area (Å²) in [5.41, 5.74) is 3.41. The topological polar surface area (TPSA) is 149 Å². The number of carbonyl (C=O) groups is 2. The molecule has 2 aromatic carbocycles. The van der Waals surface area contributed by atoms with Gasteiger partial charge < -0.3 is 40.2 Å². The number of benzene rings is 2. The van der Waals surface area contributed by atoms with E-state index in [2.05, 4.69) is 26.6 Å². The largest absolute Gasteiger partial charge is 0.394 e. The molecular formula is C42H54BrClN4O6. The highest BCUT2D eigenvalue weighted by Gasteiger charge is 2.43. The molecular weight excluding hydrogens is 772 g/mol. The van der Waals surface area contributed by atoms with E-state index in [4.69, 9.17) is 11.6 Å². The van der Waals surface area contributed by atoms with Gasteiger partial charge in [0.1, 0.15) is 0 Å². The SMILES string of the molecule is O=C(CC12CCC(CC1)CC2)Nc1cn(C(CO)CO)c2cccc(Br)c12.O=C(CC12CCC(CC1)CC2)Nc1cn(C(CO)CO)c2cccc(Cl)c12. The standard InChI is InChI=1S/C21H27BrN2O3.C21H27ClN2O3/c2*22-16-2-1-3-18-20(16)17(11-24(18)15(12-25)13-26)23-19(27)10-21-7-4-14(5-8-21)6-9-21/h2*1-3,11,14-15,25-26H,4-10,12-13H2,(H,23,27). The number of nitrogens with one attached hydrogen (secondary N) is 2. The van der Waals surface area contributed by atoms with Crippen molar-refractivity contribution in [1.82, 2.24) is 9.13 Å². The number of amides is 2. The second-order valence-corrected chi connectivity index (χ2v) is 17.9. The van der Waals surface area contributed by atoms with E-state index >= 15 is 0 Å².